The molecule has 0 bridgehead atoms. The van der Waals surface area contributed by atoms with Crippen molar-refractivity contribution in [3.05, 3.63) is 11.8 Å². The number of hydrogen-bond donors (Lipinski definition) is 9. The molecule has 1 saturated carbocycles. The number of nitrogens with two attached hydrogens (primary N) is 3. The largest absolute Gasteiger partial charge is 0.390 e. The molecular formula is C25H50FN7O3. The van der Waals surface area contributed by atoms with Gasteiger partial charge in [-0.3, -0.25) is 5.41 Å². The first-order valence-electron chi connectivity index (χ1n) is 13.4. The van der Waals surface area contributed by atoms with Crippen molar-refractivity contribution < 1.29 is 19.3 Å². The van der Waals surface area contributed by atoms with Crippen LogP contribution in [0.4, 0.5) is 4.39 Å². The summed E-state index contributed by atoms with van der Waals surface area (Å²) in [5.41, 5.74) is 20.7. The zero-order valence-electron chi connectivity index (χ0n) is 22.1. The summed E-state index contributed by atoms with van der Waals surface area (Å²) < 4.78 is 19.4. The van der Waals surface area contributed by atoms with Gasteiger partial charge < -0.3 is 48.1 Å². The van der Waals surface area contributed by atoms with E-state index in [9.17, 15) is 14.6 Å². The number of alkyl halides is 1. The molecule has 0 aromatic carbocycles. The van der Waals surface area contributed by atoms with Crippen LogP contribution in [0.1, 0.15) is 46.0 Å². The maximum atomic E-state index is 13.0. The summed E-state index contributed by atoms with van der Waals surface area (Å²) in [5, 5.41) is 36.8. The molecule has 11 heteroatoms. The van der Waals surface area contributed by atoms with Gasteiger partial charge in [-0.1, -0.05) is 19.9 Å². The van der Waals surface area contributed by atoms with Crippen molar-refractivity contribution in [3.8, 4) is 0 Å². The Morgan fingerprint density at radius 1 is 1.22 bits per heavy atom. The van der Waals surface area contributed by atoms with E-state index in [4.69, 9.17) is 27.3 Å². The van der Waals surface area contributed by atoms with Crippen LogP contribution in [-0.2, 0) is 4.74 Å². The molecular weight excluding hydrogens is 465 g/mol. The van der Waals surface area contributed by atoms with Crippen molar-refractivity contribution in [1.82, 2.24) is 16.0 Å². The lowest BCUT2D eigenvalue weighted by Crippen LogP contribution is -2.62. The van der Waals surface area contributed by atoms with Gasteiger partial charge in [-0.2, -0.15) is 0 Å². The molecule has 2 aliphatic rings. The van der Waals surface area contributed by atoms with Crippen LogP contribution < -0.4 is 33.2 Å². The van der Waals surface area contributed by atoms with Crippen LogP contribution in [-0.4, -0.2) is 91.9 Å². The number of allylic oxidation sites excluding steroid dienone is 1. The lowest BCUT2D eigenvalue weighted by Gasteiger charge is -2.48. The van der Waals surface area contributed by atoms with Crippen molar-refractivity contribution in [2.75, 3.05) is 33.4 Å². The third kappa shape index (κ3) is 8.61. The van der Waals surface area contributed by atoms with Crippen molar-refractivity contribution in [2.24, 2.45) is 35.0 Å². The van der Waals surface area contributed by atoms with E-state index in [1.165, 1.54) is 0 Å². The van der Waals surface area contributed by atoms with E-state index in [-0.39, 0.29) is 66.6 Å². The smallest absolute Gasteiger partial charge is 0.139 e. The predicted octanol–water partition coefficient (Wildman–Crippen LogP) is -0.461. The standard InChI is InChI=1S/C25H50FN7O3/c1-4-32-12-16-5-6-19(27)23(36-16)9-17-20(28)10-21(33-25(30)22(35)11-26)18(24(17)29)8-14(2)7-15(13-34)31-3/h7,14,16-24,31-32,34-35H,4-6,8-13,27-29H2,1-3H3,(H2,30,33)/b15-7-. The second-order valence-corrected chi connectivity index (χ2v) is 10.5. The monoisotopic (exact) mass is 515 g/mol. The second-order valence-electron chi connectivity index (χ2n) is 10.5. The first-order chi connectivity index (χ1) is 17.1. The number of hydrogen-bond acceptors (Lipinski definition) is 9. The number of likely N-dealkylation sites (N-methyl/N-ethyl adjacent to an activating group) is 2. The lowest BCUT2D eigenvalue weighted by atomic mass is 9.66. The van der Waals surface area contributed by atoms with Crippen LogP contribution in [0.15, 0.2) is 11.8 Å². The number of ether oxygens (including phenoxy) is 1. The molecule has 2 rings (SSSR count). The minimum Gasteiger partial charge on any atom is -0.390 e. The third-order valence-corrected chi connectivity index (χ3v) is 7.82. The maximum absolute atomic E-state index is 13.0. The molecule has 1 saturated heterocycles. The molecule has 36 heavy (non-hydrogen) atoms. The van der Waals surface area contributed by atoms with Crippen LogP contribution in [0.2, 0.25) is 0 Å². The van der Waals surface area contributed by atoms with Crippen molar-refractivity contribution in [1.29, 1.82) is 5.41 Å². The molecule has 0 amide bonds. The molecule has 0 spiro atoms. The number of rotatable bonds is 13. The van der Waals surface area contributed by atoms with Gasteiger partial charge in [0.05, 0.1) is 18.8 Å². The summed E-state index contributed by atoms with van der Waals surface area (Å²) in [7, 11) is 1.76. The van der Waals surface area contributed by atoms with Gasteiger partial charge in [-0.15, -0.1) is 0 Å². The van der Waals surface area contributed by atoms with Crippen LogP contribution in [0, 0.1) is 23.2 Å². The zero-order valence-corrected chi connectivity index (χ0v) is 22.1. The molecule has 0 aromatic rings. The summed E-state index contributed by atoms with van der Waals surface area (Å²) in [6, 6.07) is -0.931. The highest BCUT2D eigenvalue weighted by Crippen LogP contribution is 2.37. The third-order valence-electron chi connectivity index (χ3n) is 7.82. The van der Waals surface area contributed by atoms with E-state index >= 15 is 0 Å². The lowest BCUT2D eigenvalue weighted by molar-refractivity contribution is -0.0755. The van der Waals surface area contributed by atoms with Crippen molar-refractivity contribution in [2.45, 2.75) is 88.4 Å². The van der Waals surface area contributed by atoms with Crippen LogP contribution >= 0.6 is 0 Å². The van der Waals surface area contributed by atoms with Gasteiger partial charge in [0.2, 0.25) is 0 Å². The maximum Gasteiger partial charge on any atom is 0.139 e. The minimum atomic E-state index is -1.50. The Labute approximate surface area is 215 Å². The van der Waals surface area contributed by atoms with Crippen LogP contribution in [0.5, 0.6) is 0 Å². The Balaban J connectivity index is 2.20. The summed E-state index contributed by atoms with van der Waals surface area (Å²) in [6.45, 7) is 4.67. The van der Waals surface area contributed by atoms with E-state index in [2.05, 4.69) is 22.9 Å². The van der Waals surface area contributed by atoms with E-state index < -0.39 is 12.8 Å². The normalized spacial score (nSPS) is 35.2. The zero-order chi connectivity index (χ0) is 26.8. The van der Waals surface area contributed by atoms with Gasteiger partial charge in [0.25, 0.3) is 0 Å². The molecule has 1 aliphatic carbocycles. The number of halogens is 1. The summed E-state index contributed by atoms with van der Waals surface area (Å²) in [4.78, 5) is 0. The Kier molecular flexibility index (Phi) is 13.0. The van der Waals surface area contributed by atoms with Gasteiger partial charge in [0, 0.05) is 43.5 Å². The summed E-state index contributed by atoms with van der Waals surface area (Å²) >= 11 is 0. The van der Waals surface area contributed by atoms with Gasteiger partial charge in [-0.05, 0) is 56.4 Å². The Morgan fingerprint density at radius 2 is 1.94 bits per heavy atom. The van der Waals surface area contributed by atoms with Gasteiger partial charge in [-0.25, -0.2) is 4.39 Å². The fourth-order valence-corrected chi connectivity index (χ4v) is 5.70. The topological polar surface area (TPSA) is 188 Å². The number of aliphatic hydroxyl groups excluding tert-OH is 2. The molecule has 210 valence electrons. The molecule has 0 aromatic heterocycles. The van der Waals surface area contributed by atoms with E-state index in [1.807, 2.05) is 13.0 Å². The minimum absolute atomic E-state index is 0.0416. The fraction of sp³-hybridized carbons (Fsp3) is 0.880. The molecule has 10 atom stereocenters. The average molecular weight is 516 g/mol. The number of nitrogens with one attached hydrogen (secondary N) is 4. The molecule has 12 N–H and O–H groups in total. The van der Waals surface area contributed by atoms with Crippen LogP contribution in [0.3, 0.4) is 0 Å². The summed E-state index contributed by atoms with van der Waals surface area (Å²) in [6.07, 6.45) is 4.12. The molecule has 2 fully saturated rings. The highest BCUT2D eigenvalue weighted by atomic mass is 19.1. The van der Waals surface area contributed by atoms with E-state index in [0.717, 1.165) is 31.6 Å². The number of aliphatic hydroxyl groups is 2. The Hall–Kier alpha value is -1.34. The molecule has 1 heterocycles. The van der Waals surface area contributed by atoms with Crippen molar-refractivity contribution >= 4 is 5.84 Å². The number of amidine groups is 1. The molecule has 10 unspecified atom stereocenters. The van der Waals surface area contributed by atoms with Gasteiger partial charge in [0.1, 0.15) is 18.6 Å². The first-order valence-corrected chi connectivity index (χ1v) is 13.4. The van der Waals surface area contributed by atoms with Crippen molar-refractivity contribution in [3.63, 3.8) is 0 Å². The average Bonchev–Trinajstić information content (AvgIpc) is 2.86. The Bertz CT molecular complexity index is 693. The molecule has 10 nitrogen and oxygen atoms in total. The fourth-order valence-electron chi connectivity index (χ4n) is 5.70. The SMILES string of the molecule is CCNCC1CCC(N)C(CC2C(N)CC(NC(=N)C(O)CF)C(CC(C)/C=C(/CO)NC)C2N)O1. The predicted molar refractivity (Wildman–Crippen MR) is 141 cm³/mol. The Morgan fingerprint density at radius 3 is 2.56 bits per heavy atom. The first kappa shape index (κ1) is 30.9. The van der Waals surface area contributed by atoms with Gasteiger partial charge in [0.15, 0.2) is 0 Å². The van der Waals surface area contributed by atoms with Crippen LogP contribution in [0.25, 0.3) is 0 Å². The highest BCUT2D eigenvalue weighted by molar-refractivity contribution is 5.83. The highest BCUT2D eigenvalue weighted by Gasteiger charge is 2.44. The second kappa shape index (κ2) is 15.2. The quantitative estimate of drug-likeness (QED) is 0.115. The molecule has 1 aliphatic heterocycles. The van der Waals surface area contributed by atoms with Gasteiger partial charge >= 0.3 is 0 Å². The summed E-state index contributed by atoms with van der Waals surface area (Å²) in [5.74, 6) is -0.320. The molecule has 0 radical (unpaired) electrons. The van der Waals surface area contributed by atoms with E-state index in [0.29, 0.717) is 19.3 Å². The van der Waals surface area contributed by atoms with E-state index in [1.54, 1.807) is 7.05 Å².